The van der Waals surface area contributed by atoms with Crippen molar-refractivity contribution in [2.45, 2.75) is 19.8 Å². The number of hydrogen-bond donors (Lipinski definition) is 2. The minimum atomic E-state index is -0.291. The molecule has 0 aliphatic heterocycles. The molecule has 0 radical (unpaired) electrons. The Morgan fingerprint density at radius 3 is 3.12 bits per heavy atom. The summed E-state index contributed by atoms with van der Waals surface area (Å²) in [5.74, 6) is -0.211. The van der Waals surface area contributed by atoms with Crippen LogP contribution in [0.15, 0.2) is 15.5 Å². The van der Waals surface area contributed by atoms with Crippen molar-refractivity contribution in [3.8, 4) is 0 Å². The highest BCUT2D eigenvalue weighted by Gasteiger charge is 2.04. The molecule has 0 aliphatic rings. The Morgan fingerprint density at radius 1 is 1.65 bits per heavy atom. The fourth-order valence-electron chi connectivity index (χ4n) is 1.20. The van der Waals surface area contributed by atoms with Gasteiger partial charge in [-0.3, -0.25) is 9.59 Å². The lowest BCUT2D eigenvalue weighted by molar-refractivity contribution is -0.143. The summed E-state index contributed by atoms with van der Waals surface area (Å²) in [5.41, 5.74) is 0.318. The Morgan fingerprint density at radius 2 is 2.41 bits per heavy atom. The summed E-state index contributed by atoms with van der Waals surface area (Å²) >= 11 is 3.15. The van der Waals surface area contributed by atoms with E-state index in [2.05, 4.69) is 31.4 Å². The third-order valence-electron chi connectivity index (χ3n) is 1.97. The molecule has 0 spiro atoms. The highest BCUT2D eigenvalue weighted by atomic mass is 79.9. The van der Waals surface area contributed by atoms with Crippen LogP contribution in [-0.4, -0.2) is 29.3 Å². The predicted molar refractivity (Wildman–Crippen MR) is 66.9 cm³/mol. The molecule has 0 aromatic carbocycles. The maximum absolute atomic E-state index is 11.2. The van der Waals surface area contributed by atoms with E-state index in [0.29, 0.717) is 36.2 Å². The number of anilines is 1. The van der Waals surface area contributed by atoms with E-state index in [-0.39, 0.29) is 11.5 Å². The third kappa shape index (κ3) is 4.56. The summed E-state index contributed by atoms with van der Waals surface area (Å²) in [6.07, 6.45) is 2.50. The Kier molecular flexibility index (Phi) is 5.68. The van der Waals surface area contributed by atoms with Crippen molar-refractivity contribution in [3.63, 3.8) is 0 Å². The average molecular weight is 304 g/mol. The Hall–Kier alpha value is -1.37. The van der Waals surface area contributed by atoms with E-state index in [1.54, 1.807) is 6.92 Å². The van der Waals surface area contributed by atoms with Gasteiger partial charge in [0.15, 0.2) is 0 Å². The monoisotopic (exact) mass is 303 g/mol. The molecule has 0 amide bonds. The molecular weight excluding hydrogens is 290 g/mol. The molecule has 1 aromatic heterocycles. The third-order valence-corrected chi connectivity index (χ3v) is 2.76. The first kappa shape index (κ1) is 13.7. The molecular formula is C10H14BrN3O3. The van der Waals surface area contributed by atoms with Gasteiger partial charge in [-0.25, -0.2) is 5.10 Å². The molecule has 0 saturated carbocycles. The quantitative estimate of drug-likeness (QED) is 0.611. The summed E-state index contributed by atoms with van der Waals surface area (Å²) in [6.45, 7) is 2.74. The maximum atomic E-state index is 11.2. The fraction of sp³-hybridized carbons (Fsp3) is 0.500. The zero-order chi connectivity index (χ0) is 12.7. The Labute approximate surface area is 107 Å². The van der Waals surface area contributed by atoms with Gasteiger partial charge in [-0.1, -0.05) is 0 Å². The van der Waals surface area contributed by atoms with Gasteiger partial charge in [0, 0.05) is 13.0 Å². The number of aromatic nitrogens is 2. The summed E-state index contributed by atoms with van der Waals surface area (Å²) in [4.78, 5) is 22.2. The van der Waals surface area contributed by atoms with Crippen LogP contribution in [-0.2, 0) is 9.53 Å². The lowest BCUT2D eigenvalue weighted by Gasteiger charge is -2.06. The van der Waals surface area contributed by atoms with Gasteiger partial charge >= 0.3 is 5.97 Å². The van der Waals surface area contributed by atoms with Crippen LogP contribution in [0.2, 0.25) is 0 Å². The number of rotatable bonds is 6. The molecule has 6 nitrogen and oxygen atoms in total. The zero-order valence-corrected chi connectivity index (χ0v) is 11.0. The van der Waals surface area contributed by atoms with Crippen LogP contribution in [0.5, 0.6) is 0 Å². The SMILES string of the molecule is CCOC(=O)CCCNc1cn[nH]c(=O)c1Br. The fourth-order valence-corrected chi connectivity index (χ4v) is 1.53. The van der Waals surface area contributed by atoms with E-state index >= 15 is 0 Å². The predicted octanol–water partition coefficient (Wildman–Crippen LogP) is 1.29. The van der Waals surface area contributed by atoms with Crippen molar-refractivity contribution in [2.75, 3.05) is 18.5 Å². The molecule has 1 aromatic rings. The Bertz CT molecular complexity index is 433. The lowest BCUT2D eigenvalue weighted by atomic mass is 10.3. The van der Waals surface area contributed by atoms with Crippen LogP contribution in [0.3, 0.4) is 0 Å². The molecule has 0 aliphatic carbocycles. The average Bonchev–Trinajstić information content (AvgIpc) is 2.30. The summed E-state index contributed by atoms with van der Waals surface area (Å²) in [6, 6.07) is 0. The van der Waals surface area contributed by atoms with E-state index in [4.69, 9.17) is 4.74 Å². The minimum absolute atomic E-state index is 0.211. The van der Waals surface area contributed by atoms with Crippen molar-refractivity contribution < 1.29 is 9.53 Å². The number of nitrogens with one attached hydrogen (secondary N) is 2. The van der Waals surface area contributed by atoms with Crippen molar-refractivity contribution >= 4 is 27.6 Å². The molecule has 0 fully saturated rings. The van der Waals surface area contributed by atoms with E-state index < -0.39 is 0 Å². The van der Waals surface area contributed by atoms with Crippen LogP contribution in [0.1, 0.15) is 19.8 Å². The van der Waals surface area contributed by atoms with Crippen LogP contribution < -0.4 is 10.9 Å². The van der Waals surface area contributed by atoms with Gasteiger partial charge in [-0.15, -0.1) is 0 Å². The van der Waals surface area contributed by atoms with Crippen LogP contribution in [0.25, 0.3) is 0 Å². The van der Waals surface area contributed by atoms with E-state index in [1.165, 1.54) is 6.20 Å². The number of carbonyl (C=O) groups excluding carboxylic acids is 1. The molecule has 2 N–H and O–H groups in total. The van der Waals surface area contributed by atoms with Gasteiger partial charge in [-0.2, -0.15) is 5.10 Å². The van der Waals surface area contributed by atoms with Crippen LogP contribution >= 0.6 is 15.9 Å². The molecule has 1 heterocycles. The van der Waals surface area contributed by atoms with E-state index in [0.717, 1.165) is 0 Å². The smallest absolute Gasteiger partial charge is 0.305 e. The second-order valence-electron chi connectivity index (χ2n) is 3.26. The first-order valence-electron chi connectivity index (χ1n) is 5.27. The van der Waals surface area contributed by atoms with Gasteiger partial charge in [0.1, 0.15) is 4.47 Å². The number of aromatic amines is 1. The number of halogens is 1. The van der Waals surface area contributed by atoms with Gasteiger partial charge < -0.3 is 10.1 Å². The maximum Gasteiger partial charge on any atom is 0.305 e. The molecule has 0 saturated heterocycles. The summed E-state index contributed by atoms with van der Waals surface area (Å²) in [7, 11) is 0. The molecule has 7 heteroatoms. The number of carbonyl (C=O) groups is 1. The number of hydrogen-bond acceptors (Lipinski definition) is 5. The largest absolute Gasteiger partial charge is 0.466 e. The second kappa shape index (κ2) is 7.05. The number of esters is 1. The molecule has 0 unspecified atom stereocenters. The molecule has 1 rings (SSSR count). The summed E-state index contributed by atoms with van der Waals surface area (Å²) in [5, 5.41) is 8.98. The zero-order valence-electron chi connectivity index (χ0n) is 9.46. The lowest BCUT2D eigenvalue weighted by Crippen LogP contribution is -2.13. The van der Waals surface area contributed by atoms with E-state index in [9.17, 15) is 9.59 Å². The molecule has 17 heavy (non-hydrogen) atoms. The first-order chi connectivity index (χ1) is 8.15. The molecule has 94 valence electrons. The number of H-pyrrole nitrogens is 1. The van der Waals surface area contributed by atoms with Crippen molar-refractivity contribution in [1.82, 2.24) is 10.2 Å². The van der Waals surface area contributed by atoms with Crippen molar-refractivity contribution in [1.29, 1.82) is 0 Å². The number of nitrogens with zero attached hydrogens (tertiary/aromatic N) is 1. The Balaban J connectivity index is 2.34. The van der Waals surface area contributed by atoms with Crippen molar-refractivity contribution in [3.05, 3.63) is 21.0 Å². The topological polar surface area (TPSA) is 84.1 Å². The molecule has 0 atom stereocenters. The highest BCUT2D eigenvalue weighted by Crippen LogP contribution is 2.15. The van der Waals surface area contributed by atoms with Crippen LogP contribution in [0.4, 0.5) is 5.69 Å². The molecule has 0 bridgehead atoms. The standard InChI is InChI=1S/C10H14BrN3O3/c1-2-17-8(15)4-3-5-12-7-6-13-14-10(16)9(7)11/h6H,2-5H2,1H3,(H2,12,14,16). The summed E-state index contributed by atoms with van der Waals surface area (Å²) < 4.78 is 5.20. The highest BCUT2D eigenvalue weighted by molar-refractivity contribution is 9.10. The number of ether oxygens (including phenoxy) is 1. The second-order valence-corrected chi connectivity index (χ2v) is 4.06. The van der Waals surface area contributed by atoms with E-state index in [1.807, 2.05) is 0 Å². The normalized spacial score (nSPS) is 10.0. The first-order valence-corrected chi connectivity index (χ1v) is 6.07. The van der Waals surface area contributed by atoms with Gasteiger partial charge in [0.2, 0.25) is 0 Å². The van der Waals surface area contributed by atoms with Gasteiger partial charge in [0.05, 0.1) is 18.5 Å². The van der Waals surface area contributed by atoms with Gasteiger partial charge in [-0.05, 0) is 29.3 Å². The van der Waals surface area contributed by atoms with Gasteiger partial charge in [0.25, 0.3) is 5.56 Å². The van der Waals surface area contributed by atoms with Crippen LogP contribution in [0, 0.1) is 0 Å². The minimum Gasteiger partial charge on any atom is -0.466 e. The van der Waals surface area contributed by atoms with Crippen molar-refractivity contribution in [2.24, 2.45) is 0 Å².